The van der Waals surface area contributed by atoms with Crippen LogP contribution in [0.5, 0.6) is 0 Å². The molecule has 0 unspecified atom stereocenters. The van der Waals surface area contributed by atoms with Crippen LogP contribution in [0.3, 0.4) is 0 Å². The number of hydrogen-bond acceptors (Lipinski definition) is 6. The molecule has 0 saturated heterocycles. The second kappa shape index (κ2) is 8.96. The van der Waals surface area contributed by atoms with E-state index in [1.165, 1.54) is 18.2 Å². The van der Waals surface area contributed by atoms with Crippen molar-refractivity contribution in [1.82, 2.24) is 0 Å². The lowest BCUT2D eigenvalue weighted by Crippen LogP contribution is -2.38. The lowest BCUT2D eigenvalue weighted by Gasteiger charge is -2.28. The van der Waals surface area contributed by atoms with Crippen LogP contribution in [-0.2, 0) is 9.53 Å². The molecule has 0 bridgehead atoms. The van der Waals surface area contributed by atoms with Crippen LogP contribution in [0.2, 0.25) is 5.02 Å². The van der Waals surface area contributed by atoms with Crippen LogP contribution in [-0.4, -0.2) is 42.6 Å². The first-order valence-electron chi connectivity index (χ1n) is 10.4. The van der Waals surface area contributed by atoms with E-state index in [4.69, 9.17) is 16.3 Å². The molecule has 0 radical (unpaired) electrons. The first-order valence-corrected chi connectivity index (χ1v) is 11.8. The highest BCUT2D eigenvalue weighted by Gasteiger charge is 2.37. The number of para-hydroxylation sites is 1. The normalized spacial score (nSPS) is 14.6. The number of amides is 3. The number of nitrogens with zero attached hydrogens (tertiary/aromatic N) is 2. The van der Waals surface area contributed by atoms with Gasteiger partial charge in [0.05, 0.1) is 28.1 Å². The van der Waals surface area contributed by atoms with Crippen molar-refractivity contribution in [2.24, 2.45) is 0 Å². The third-order valence-corrected chi connectivity index (χ3v) is 6.86. The molecule has 0 N–H and O–H groups in total. The van der Waals surface area contributed by atoms with Crippen LogP contribution >= 0.6 is 23.4 Å². The first kappa shape index (κ1) is 22.2. The minimum Gasteiger partial charge on any atom is -0.452 e. The number of benzene rings is 3. The van der Waals surface area contributed by atoms with Crippen molar-refractivity contribution < 1.29 is 23.9 Å². The summed E-state index contributed by atoms with van der Waals surface area (Å²) in [6.45, 7) is 0.0900. The number of anilines is 2. The molecule has 9 heteroatoms. The molecule has 0 spiro atoms. The summed E-state index contributed by atoms with van der Waals surface area (Å²) in [5.74, 6) is -1.36. The van der Waals surface area contributed by atoms with E-state index in [1.807, 2.05) is 24.3 Å². The summed E-state index contributed by atoms with van der Waals surface area (Å²) in [5.41, 5.74) is 1.55. The average Bonchev–Trinajstić information content (AvgIpc) is 3.11. The number of ether oxygens (including phenoxy) is 1. The molecule has 2 aliphatic heterocycles. The van der Waals surface area contributed by atoms with Crippen molar-refractivity contribution in [2.75, 3.05) is 28.7 Å². The molecule has 2 heterocycles. The Hall–Kier alpha value is -3.62. The highest BCUT2D eigenvalue weighted by molar-refractivity contribution is 7.99. The van der Waals surface area contributed by atoms with Gasteiger partial charge in [-0.15, -0.1) is 11.8 Å². The summed E-state index contributed by atoms with van der Waals surface area (Å²) in [6.07, 6.45) is 0. The quantitative estimate of drug-likeness (QED) is 0.395. The summed E-state index contributed by atoms with van der Waals surface area (Å²) in [4.78, 5) is 54.7. The predicted octanol–water partition coefficient (Wildman–Crippen LogP) is 4.44. The molecule has 0 aliphatic carbocycles. The predicted molar refractivity (Wildman–Crippen MR) is 129 cm³/mol. The standard InChI is InChI=1S/C25H17ClN2O5S/c26-16-6-8-17(9-7-16)28-23(30)18-10-5-15(13-19(18)24(28)31)25(32)33-14-22(29)27-11-12-34-21-4-2-1-3-20(21)27/h1-10,13H,11-12,14H2. The Morgan fingerprint density at radius 1 is 0.941 bits per heavy atom. The highest BCUT2D eigenvalue weighted by Crippen LogP contribution is 2.34. The van der Waals surface area contributed by atoms with E-state index in [-0.39, 0.29) is 22.6 Å². The Morgan fingerprint density at radius 3 is 2.47 bits per heavy atom. The zero-order valence-corrected chi connectivity index (χ0v) is 19.3. The summed E-state index contributed by atoms with van der Waals surface area (Å²) in [5, 5.41) is 0.478. The smallest absolute Gasteiger partial charge is 0.338 e. The van der Waals surface area contributed by atoms with E-state index >= 15 is 0 Å². The Labute approximate surface area is 204 Å². The number of carbonyl (C=O) groups is 4. The third-order valence-electron chi connectivity index (χ3n) is 5.56. The number of halogens is 1. The Bertz CT molecular complexity index is 1340. The lowest BCUT2D eigenvalue weighted by molar-refractivity contribution is -0.121. The zero-order chi connectivity index (χ0) is 23.8. The monoisotopic (exact) mass is 492 g/mol. The van der Waals surface area contributed by atoms with E-state index in [2.05, 4.69) is 0 Å². The molecular weight excluding hydrogens is 476 g/mol. The minimum atomic E-state index is -0.749. The Morgan fingerprint density at radius 2 is 1.68 bits per heavy atom. The molecule has 170 valence electrons. The second-order valence-corrected chi connectivity index (χ2v) is 9.19. The highest BCUT2D eigenvalue weighted by atomic mass is 35.5. The molecule has 5 rings (SSSR count). The fourth-order valence-electron chi connectivity index (χ4n) is 3.91. The van der Waals surface area contributed by atoms with Gasteiger partial charge in [0.15, 0.2) is 6.61 Å². The van der Waals surface area contributed by atoms with Crippen LogP contribution < -0.4 is 9.80 Å². The van der Waals surface area contributed by atoms with Gasteiger partial charge in [0.2, 0.25) is 0 Å². The molecule has 0 fully saturated rings. The number of rotatable bonds is 4. The van der Waals surface area contributed by atoms with Gasteiger partial charge < -0.3 is 9.64 Å². The molecule has 2 aliphatic rings. The van der Waals surface area contributed by atoms with Gasteiger partial charge in [0.1, 0.15) is 0 Å². The molecule has 3 aromatic carbocycles. The van der Waals surface area contributed by atoms with Gasteiger partial charge >= 0.3 is 5.97 Å². The van der Waals surface area contributed by atoms with Gasteiger partial charge in [-0.3, -0.25) is 14.4 Å². The maximum atomic E-state index is 12.9. The summed E-state index contributed by atoms with van der Waals surface area (Å²) in [7, 11) is 0. The third kappa shape index (κ3) is 3.95. The van der Waals surface area contributed by atoms with Crippen LogP contribution in [0.15, 0.2) is 71.6 Å². The number of hydrogen-bond donors (Lipinski definition) is 0. The molecule has 0 aromatic heterocycles. The SMILES string of the molecule is O=C(OCC(=O)N1CCSc2ccccc21)c1ccc2c(c1)C(=O)N(c1ccc(Cl)cc1)C2=O. The largest absolute Gasteiger partial charge is 0.452 e. The molecule has 0 atom stereocenters. The number of thioether (sulfide) groups is 1. The summed E-state index contributed by atoms with van der Waals surface area (Å²) < 4.78 is 5.24. The topological polar surface area (TPSA) is 84.0 Å². The number of esters is 1. The number of imide groups is 1. The first-order chi connectivity index (χ1) is 16.4. The van der Waals surface area contributed by atoms with E-state index < -0.39 is 24.4 Å². The van der Waals surface area contributed by atoms with E-state index in [0.717, 1.165) is 21.2 Å². The maximum Gasteiger partial charge on any atom is 0.338 e. The lowest BCUT2D eigenvalue weighted by atomic mass is 10.1. The van der Waals surface area contributed by atoms with Gasteiger partial charge in [-0.2, -0.15) is 0 Å². The molecule has 34 heavy (non-hydrogen) atoms. The fourth-order valence-corrected chi connectivity index (χ4v) is 5.03. The summed E-state index contributed by atoms with van der Waals surface area (Å²) in [6, 6.07) is 18.0. The Balaban J connectivity index is 1.30. The van der Waals surface area contributed by atoms with Crippen LogP contribution in [0.4, 0.5) is 11.4 Å². The van der Waals surface area contributed by atoms with Gasteiger partial charge in [0.25, 0.3) is 17.7 Å². The van der Waals surface area contributed by atoms with E-state index in [0.29, 0.717) is 17.3 Å². The van der Waals surface area contributed by atoms with Crippen molar-refractivity contribution in [3.05, 3.63) is 88.4 Å². The molecule has 3 amide bonds. The van der Waals surface area contributed by atoms with Crippen LogP contribution in [0.25, 0.3) is 0 Å². The maximum absolute atomic E-state index is 12.9. The van der Waals surface area contributed by atoms with Crippen molar-refractivity contribution in [1.29, 1.82) is 0 Å². The van der Waals surface area contributed by atoms with Gasteiger partial charge in [0, 0.05) is 22.2 Å². The van der Waals surface area contributed by atoms with Gasteiger partial charge in [-0.1, -0.05) is 23.7 Å². The molecule has 7 nitrogen and oxygen atoms in total. The van der Waals surface area contributed by atoms with E-state index in [1.54, 1.807) is 40.9 Å². The summed E-state index contributed by atoms with van der Waals surface area (Å²) >= 11 is 7.56. The van der Waals surface area contributed by atoms with Gasteiger partial charge in [-0.05, 0) is 54.6 Å². The second-order valence-electron chi connectivity index (χ2n) is 7.62. The van der Waals surface area contributed by atoms with Crippen LogP contribution in [0.1, 0.15) is 31.1 Å². The van der Waals surface area contributed by atoms with Crippen molar-refractivity contribution in [2.45, 2.75) is 4.90 Å². The number of fused-ring (bicyclic) bond motifs is 2. The molecular formula is C25H17ClN2O5S. The van der Waals surface area contributed by atoms with Gasteiger partial charge in [-0.25, -0.2) is 9.69 Å². The zero-order valence-electron chi connectivity index (χ0n) is 17.7. The fraction of sp³-hybridized carbons (Fsp3) is 0.120. The average molecular weight is 493 g/mol. The van der Waals surface area contributed by atoms with Crippen LogP contribution in [0, 0.1) is 0 Å². The van der Waals surface area contributed by atoms with Crippen molar-refractivity contribution >= 4 is 58.4 Å². The minimum absolute atomic E-state index is 0.0836. The molecule has 0 saturated carbocycles. The Kier molecular flexibility index (Phi) is 5.85. The molecule has 3 aromatic rings. The van der Waals surface area contributed by atoms with Crippen molar-refractivity contribution in [3.8, 4) is 0 Å². The number of carbonyl (C=O) groups excluding carboxylic acids is 4. The van der Waals surface area contributed by atoms with Crippen molar-refractivity contribution in [3.63, 3.8) is 0 Å². The van der Waals surface area contributed by atoms with E-state index in [9.17, 15) is 19.2 Å².